The van der Waals surface area contributed by atoms with Crippen LogP contribution in [0.5, 0.6) is 0 Å². The number of hydrogen-bond acceptors (Lipinski definition) is 5. The molecule has 0 saturated carbocycles. The third-order valence-electron chi connectivity index (χ3n) is 4.60. The van der Waals surface area contributed by atoms with Crippen LogP contribution < -0.4 is 4.90 Å². The average molecular weight is 404 g/mol. The van der Waals surface area contributed by atoms with Gasteiger partial charge in [0.2, 0.25) is 0 Å². The molecule has 1 aromatic carbocycles. The van der Waals surface area contributed by atoms with Crippen LogP contribution in [-0.4, -0.2) is 48.1 Å². The van der Waals surface area contributed by atoms with Gasteiger partial charge in [-0.1, -0.05) is 6.07 Å². The van der Waals surface area contributed by atoms with Crippen LogP contribution in [0.3, 0.4) is 0 Å². The Morgan fingerprint density at radius 2 is 2.04 bits per heavy atom. The van der Waals surface area contributed by atoms with E-state index in [0.717, 1.165) is 31.7 Å². The average Bonchev–Trinajstić information content (AvgIpc) is 2.62. The summed E-state index contributed by atoms with van der Waals surface area (Å²) in [5.41, 5.74) is 1.20. The first-order valence-corrected chi connectivity index (χ1v) is 8.93. The molecule has 0 N–H and O–H groups in total. The van der Waals surface area contributed by atoms with E-state index in [0.29, 0.717) is 21.9 Å². The highest BCUT2D eigenvalue weighted by molar-refractivity contribution is 9.10. The third-order valence-corrected chi connectivity index (χ3v) is 5.18. The van der Waals surface area contributed by atoms with Crippen LogP contribution in [0.2, 0.25) is 0 Å². The minimum Gasteiger partial charge on any atom is -0.355 e. The van der Waals surface area contributed by atoms with Crippen LogP contribution in [0.4, 0.5) is 10.2 Å². The van der Waals surface area contributed by atoms with Crippen molar-refractivity contribution in [2.45, 2.75) is 18.9 Å². The fourth-order valence-corrected chi connectivity index (χ4v) is 3.49. The molecule has 25 heavy (non-hydrogen) atoms. The van der Waals surface area contributed by atoms with Gasteiger partial charge in [-0.15, -0.1) is 0 Å². The zero-order chi connectivity index (χ0) is 18.0. The molecule has 0 atom stereocenters. The Balaban J connectivity index is 1.87. The van der Waals surface area contributed by atoms with Crippen LogP contribution >= 0.6 is 15.9 Å². The van der Waals surface area contributed by atoms with Gasteiger partial charge in [0.1, 0.15) is 28.0 Å². The molecule has 0 aliphatic carbocycles. The molecule has 7 heteroatoms. The number of benzene rings is 1. The highest BCUT2D eigenvalue weighted by Gasteiger charge is 2.22. The van der Waals surface area contributed by atoms with E-state index in [9.17, 15) is 4.39 Å². The third kappa shape index (κ3) is 3.80. The van der Waals surface area contributed by atoms with Crippen molar-refractivity contribution in [1.29, 1.82) is 5.26 Å². The highest BCUT2D eigenvalue weighted by atomic mass is 79.9. The number of piperidine rings is 1. The lowest BCUT2D eigenvalue weighted by atomic mass is 10.0. The molecule has 0 spiro atoms. The van der Waals surface area contributed by atoms with Crippen LogP contribution in [-0.2, 0) is 0 Å². The number of anilines is 1. The van der Waals surface area contributed by atoms with E-state index in [1.807, 2.05) is 6.07 Å². The Morgan fingerprint density at radius 3 is 2.64 bits per heavy atom. The van der Waals surface area contributed by atoms with Gasteiger partial charge in [0.05, 0.1) is 11.8 Å². The van der Waals surface area contributed by atoms with Crippen LogP contribution in [0, 0.1) is 17.1 Å². The van der Waals surface area contributed by atoms with Crippen molar-refractivity contribution >= 4 is 21.7 Å². The van der Waals surface area contributed by atoms with Crippen molar-refractivity contribution in [1.82, 2.24) is 14.9 Å². The maximum atomic E-state index is 13.9. The standard InChI is InChI=1S/C18H19BrFN5/c1-24(2)14-5-7-25(8-6-14)16-11-22-18(19)17(23-16)12-3-4-13(10-21)15(20)9-12/h3-4,9,11,14H,5-8H2,1-2H3. The Labute approximate surface area is 155 Å². The molecule has 130 valence electrons. The molecule has 1 fully saturated rings. The summed E-state index contributed by atoms with van der Waals surface area (Å²) in [6, 6.07) is 6.91. The second kappa shape index (κ2) is 7.46. The predicted octanol–water partition coefficient (Wildman–Crippen LogP) is 3.45. The lowest BCUT2D eigenvalue weighted by Gasteiger charge is -2.35. The smallest absolute Gasteiger partial charge is 0.147 e. The zero-order valence-electron chi connectivity index (χ0n) is 14.2. The van der Waals surface area contributed by atoms with Crippen molar-refractivity contribution in [3.05, 3.63) is 40.4 Å². The molecule has 1 aliphatic rings. The molecule has 2 aromatic rings. The summed E-state index contributed by atoms with van der Waals surface area (Å²) in [7, 11) is 4.22. The number of hydrogen-bond donors (Lipinski definition) is 0. The molecule has 2 heterocycles. The van der Waals surface area contributed by atoms with E-state index >= 15 is 0 Å². The van der Waals surface area contributed by atoms with Gasteiger partial charge < -0.3 is 9.80 Å². The number of aromatic nitrogens is 2. The number of rotatable bonds is 3. The van der Waals surface area contributed by atoms with Gasteiger partial charge >= 0.3 is 0 Å². The topological polar surface area (TPSA) is 56.0 Å². The summed E-state index contributed by atoms with van der Waals surface area (Å²) in [5, 5.41) is 8.87. The first-order valence-electron chi connectivity index (χ1n) is 8.13. The normalized spacial score (nSPS) is 15.4. The van der Waals surface area contributed by atoms with Crippen molar-refractivity contribution in [3.63, 3.8) is 0 Å². The molecule has 1 saturated heterocycles. The van der Waals surface area contributed by atoms with E-state index in [-0.39, 0.29) is 5.56 Å². The summed E-state index contributed by atoms with van der Waals surface area (Å²) in [6.07, 6.45) is 3.89. The second-order valence-electron chi connectivity index (χ2n) is 6.36. The Bertz CT molecular complexity index is 810. The van der Waals surface area contributed by atoms with Gasteiger partial charge in [0, 0.05) is 24.7 Å². The van der Waals surface area contributed by atoms with Crippen LogP contribution in [0.1, 0.15) is 18.4 Å². The fourth-order valence-electron chi connectivity index (χ4n) is 3.07. The maximum Gasteiger partial charge on any atom is 0.147 e. The molecule has 0 radical (unpaired) electrons. The summed E-state index contributed by atoms with van der Waals surface area (Å²) in [5.74, 6) is 0.242. The number of nitrogens with zero attached hydrogens (tertiary/aromatic N) is 5. The molecule has 5 nitrogen and oxygen atoms in total. The van der Waals surface area contributed by atoms with Gasteiger partial charge in [-0.3, -0.25) is 0 Å². The molecule has 1 aliphatic heterocycles. The van der Waals surface area contributed by atoms with E-state index in [2.05, 4.69) is 49.8 Å². The van der Waals surface area contributed by atoms with Crippen molar-refractivity contribution < 1.29 is 4.39 Å². The van der Waals surface area contributed by atoms with Crippen molar-refractivity contribution in [2.75, 3.05) is 32.1 Å². The van der Waals surface area contributed by atoms with Gasteiger partial charge in [0.15, 0.2) is 0 Å². The quantitative estimate of drug-likeness (QED) is 0.785. The number of halogens is 2. The Hall–Kier alpha value is -2.04. The van der Waals surface area contributed by atoms with Gasteiger partial charge in [-0.05, 0) is 55.0 Å². The summed E-state index contributed by atoms with van der Waals surface area (Å²) >= 11 is 3.39. The van der Waals surface area contributed by atoms with E-state index in [1.54, 1.807) is 12.3 Å². The number of nitriles is 1. The molecular formula is C18H19BrFN5. The van der Waals surface area contributed by atoms with E-state index in [4.69, 9.17) is 5.26 Å². The van der Waals surface area contributed by atoms with Crippen molar-refractivity contribution in [3.8, 4) is 17.3 Å². The van der Waals surface area contributed by atoms with Crippen molar-refractivity contribution in [2.24, 2.45) is 0 Å². The van der Waals surface area contributed by atoms with Gasteiger partial charge in [-0.2, -0.15) is 5.26 Å². The molecule has 0 unspecified atom stereocenters. The summed E-state index contributed by atoms with van der Waals surface area (Å²) in [6.45, 7) is 1.83. The van der Waals surface area contributed by atoms with Gasteiger partial charge in [0.25, 0.3) is 0 Å². The minimum atomic E-state index is -0.550. The van der Waals surface area contributed by atoms with Crippen LogP contribution in [0.15, 0.2) is 29.0 Å². The fraction of sp³-hybridized carbons (Fsp3) is 0.389. The van der Waals surface area contributed by atoms with Gasteiger partial charge in [-0.25, -0.2) is 14.4 Å². The first-order chi connectivity index (χ1) is 12.0. The molecule has 0 bridgehead atoms. The molecule has 3 rings (SSSR count). The largest absolute Gasteiger partial charge is 0.355 e. The zero-order valence-corrected chi connectivity index (χ0v) is 15.8. The SMILES string of the molecule is CN(C)C1CCN(c2cnc(Br)c(-c3ccc(C#N)c(F)c3)n2)CC1. The Morgan fingerprint density at radius 1 is 1.32 bits per heavy atom. The molecule has 1 aromatic heterocycles. The summed E-state index contributed by atoms with van der Waals surface area (Å²) in [4.78, 5) is 13.5. The first kappa shape index (κ1) is 17.8. The lowest BCUT2D eigenvalue weighted by Crippen LogP contribution is -2.42. The van der Waals surface area contributed by atoms with Crippen LogP contribution in [0.25, 0.3) is 11.3 Å². The monoisotopic (exact) mass is 403 g/mol. The van der Waals surface area contributed by atoms with E-state index in [1.165, 1.54) is 12.1 Å². The highest BCUT2D eigenvalue weighted by Crippen LogP contribution is 2.29. The molecule has 0 amide bonds. The Kier molecular flexibility index (Phi) is 5.30. The predicted molar refractivity (Wildman–Crippen MR) is 98.8 cm³/mol. The lowest BCUT2D eigenvalue weighted by molar-refractivity contribution is 0.249. The minimum absolute atomic E-state index is 0.0229. The van der Waals surface area contributed by atoms with E-state index < -0.39 is 5.82 Å². The summed E-state index contributed by atoms with van der Waals surface area (Å²) < 4.78 is 14.5. The maximum absolute atomic E-state index is 13.9. The second-order valence-corrected chi connectivity index (χ2v) is 7.11. The molecular weight excluding hydrogens is 385 g/mol.